The molecule has 1 atom stereocenters. The molecule has 0 bridgehead atoms. The lowest BCUT2D eigenvalue weighted by atomic mass is 10.0. The van der Waals surface area contributed by atoms with E-state index in [1.54, 1.807) is 10.9 Å². The third-order valence-electron chi connectivity index (χ3n) is 6.39. The summed E-state index contributed by atoms with van der Waals surface area (Å²) >= 11 is 6.30. The van der Waals surface area contributed by atoms with E-state index < -0.39 is 8.07 Å². The van der Waals surface area contributed by atoms with E-state index in [0.717, 1.165) is 46.1 Å². The fourth-order valence-electron chi connectivity index (χ4n) is 4.42. The van der Waals surface area contributed by atoms with Crippen LogP contribution in [0.2, 0.25) is 30.7 Å². The minimum absolute atomic E-state index is 0.0146. The van der Waals surface area contributed by atoms with Crippen LogP contribution in [0.1, 0.15) is 33.2 Å². The molecule has 1 N–H and O–H groups in total. The van der Waals surface area contributed by atoms with Gasteiger partial charge >= 0.3 is 0 Å². The largest absolute Gasteiger partial charge is 0.359 e. The minimum Gasteiger partial charge on any atom is -0.359 e. The smallest absolute Gasteiger partial charge is 0.255 e. The highest BCUT2D eigenvalue weighted by atomic mass is 35.5. The number of ether oxygens (including phenoxy) is 1. The number of hydrogen-bond acceptors (Lipinski definition) is 5. The lowest BCUT2D eigenvalue weighted by Gasteiger charge is -2.25. The molecule has 0 spiro atoms. The monoisotopic (exact) mass is 508 g/mol. The van der Waals surface area contributed by atoms with Crippen LogP contribution >= 0.6 is 11.6 Å². The number of rotatable bonds is 9. The maximum Gasteiger partial charge on any atom is 0.255 e. The second kappa shape index (κ2) is 9.56. The van der Waals surface area contributed by atoms with Crippen molar-refractivity contribution >= 4 is 36.6 Å². The van der Waals surface area contributed by atoms with Gasteiger partial charge in [-0.3, -0.25) is 9.89 Å². The average molecular weight is 509 g/mol. The van der Waals surface area contributed by atoms with E-state index in [1.165, 1.54) is 0 Å². The molecule has 1 unspecified atom stereocenters. The second-order valence-corrected chi connectivity index (χ2v) is 16.2. The Kier molecular flexibility index (Phi) is 6.48. The topological polar surface area (TPSA) is 88.9 Å². The summed E-state index contributed by atoms with van der Waals surface area (Å²) in [7, 11) is -1.13. The van der Waals surface area contributed by atoms with Crippen molar-refractivity contribution in [3.05, 3.63) is 76.1 Å². The summed E-state index contributed by atoms with van der Waals surface area (Å²) in [5, 5.41) is 16.2. The number of fused-ring (bicyclic) bond motifs is 2. The molecule has 35 heavy (non-hydrogen) atoms. The van der Waals surface area contributed by atoms with Gasteiger partial charge in [0, 0.05) is 33.2 Å². The summed E-state index contributed by atoms with van der Waals surface area (Å²) in [6, 6.07) is 14.8. The van der Waals surface area contributed by atoms with Gasteiger partial charge in [-0.2, -0.15) is 5.10 Å². The standard InChI is InChI=1S/C25H29ClN6O2Si/c1-35(2,3)11-10-34-16-32-23-9-8-17(12-22(23)29-30-32)15-31-24(13-21-20(26)14-27-28-21)18-6-4-5-7-19(18)25(31)33/h4-9,12,14,24H,10-11,13,15-16H2,1-3H3,(H,27,28). The summed E-state index contributed by atoms with van der Waals surface area (Å²) in [6.07, 6.45) is 2.16. The van der Waals surface area contributed by atoms with Gasteiger partial charge in [0.2, 0.25) is 0 Å². The molecule has 0 radical (unpaired) electrons. The van der Waals surface area contributed by atoms with Crippen molar-refractivity contribution in [2.24, 2.45) is 0 Å². The summed E-state index contributed by atoms with van der Waals surface area (Å²) in [4.78, 5) is 15.2. The van der Waals surface area contributed by atoms with Crippen LogP contribution in [0.3, 0.4) is 0 Å². The fourth-order valence-corrected chi connectivity index (χ4v) is 5.35. The van der Waals surface area contributed by atoms with E-state index in [2.05, 4.69) is 40.2 Å². The summed E-state index contributed by atoms with van der Waals surface area (Å²) < 4.78 is 7.63. The van der Waals surface area contributed by atoms with E-state index >= 15 is 0 Å². The van der Waals surface area contributed by atoms with Crippen LogP contribution < -0.4 is 0 Å². The number of carbonyl (C=O) groups is 1. The van der Waals surface area contributed by atoms with Crippen molar-refractivity contribution in [3.63, 3.8) is 0 Å². The number of amides is 1. The van der Waals surface area contributed by atoms with Gasteiger partial charge in [-0.1, -0.05) is 60.7 Å². The second-order valence-electron chi connectivity index (χ2n) is 10.2. The number of hydrogen-bond donors (Lipinski definition) is 1. The van der Waals surface area contributed by atoms with Crippen molar-refractivity contribution in [2.75, 3.05) is 6.61 Å². The van der Waals surface area contributed by atoms with Gasteiger partial charge < -0.3 is 9.64 Å². The summed E-state index contributed by atoms with van der Waals surface area (Å²) in [5.41, 5.74) is 5.25. The molecular formula is C25H29ClN6O2Si. The molecule has 0 saturated heterocycles. The molecule has 4 aromatic rings. The number of nitrogens with zero attached hydrogens (tertiary/aromatic N) is 5. The highest BCUT2D eigenvalue weighted by Gasteiger charge is 2.37. The third kappa shape index (κ3) is 5.02. The molecular weight excluding hydrogens is 480 g/mol. The van der Waals surface area contributed by atoms with Gasteiger partial charge in [-0.25, -0.2) is 4.68 Å². The van der Waals surface area contributed by atoms with Crippen LogP contribution in [0.15, 0.2) is 48.7 Å². The van der Waals surface area contributed by atoms with E-state index in [1.807, 2.05) is 47.4 Å². The zero-order valence-corrected chi connectivity index (χ0v) is 21.9. The van der Waals surface area contributed by atoms with Crippen LogP contribution in [-0.2, 0) is 24.4 Å². The predicted molar refractivity (Wildman–Crippen MR) is 138 cm³/mol. The van der Waals surface area contributed by atoms with Crippen molar-refractivity contribution < 1.29 is 9.53 Å². The SMILES string of the molecule is C[Si](C)(C)CCOCn1nnc2cc(CN3C(=O)c4ccccc4C3Cc3[nH]ncc3Cl)ccc21. The minimum atomic E-state index is -1.13. The highest BCUT2D eigenvalue weighted by molar-refractivity contribution is 6.76. The van der Waals surface area contributed by atoms with Crippen LogP contribution in [-0.4, -0.2) is 50.7 Å². The highest BCUT2D eigenvalue weighted by Crippen LogP contribution is 2.37. The molecule has 0 aliphatic carbocycles. The first-order valence-electron chi connectivity index (χ1n) is 11.8. The Morgan fingerprint density at radius 1 is 1.17 bits per heavy atom. The number of carbonyl (C=O) groups excluding carboxylic acids is 1. The van der Waals surface area contributed by atoms with Crippen molar-refractivity contribution in [1.82, 2.24) is 30.1 Å². The molecule has 1 aliphatic rings. The average Bonchev–Trinajstić information content (AvgIpc) is 3.49. The van der Waals surface area contributed by atoms with Crippen molar-refractivity contribution in [3.8, 4) is 0 Å². The van der Waals surface area contributed by atoms with Crippen LogP contribution in [0.5, 0.6) is 0 Å². The van der Waals surface area contributed by atoms with Gasteiger partial charge in [0.15, 0.2) is 0 Å². The fraction of sp³-hybridized carbons (Fsp3) is 0.360. The first-order chi connectivity index (χ1) is 16.8. The Morgan fingerprint density at radius 2 is 2.00 bits per heavy atom. The first kappa shape index (κ1) is 23.7. The van der Waals surface area contributed by atoms with Gasteiger partial charge in [0.1, 0.15) is 12.2 Å². The Hall–Kier alpha value is -3.01. The first-order valence-corrected chi connectivity index (χ1v) is 15.9. The van der Waals surface area contributed by atoms with Gasteiger partial charge in [-0.05, 0) is 35.4 Å². The zero-order valence-electron chi connectivity index (χ0n) is 20.2. The number of H-pyrrole nitrogens is 1. The molecule has 1 aliphatic heterocycles. The van der Waals surface area contributed by atoms with Crippen molar-refractivity contribution in [1.29, 1.82) is 0 Å². The molecule has 0 fully saturated rings. The molecule has 3 heterocycles. The number of halogens is 1. The molecule has 2 aromatic heterocycles. The van der Waals surface area contributed by atoms with Gasteiger partial charge in [0.05, 0.1) is 28.5 Å². The van der Waals surface area contributed by atoms with Crippen LogP contribution in [0.25, 0.3) is 11.0 Å². The molecule has 182 valence electrons. The molecule has 5 rings (SSSR count). The Bertz CT molecular complexity index is 1360. The number of aromatic nitrogens is 5. The molecule has 0 saturated carbocycles. The van der Waals surface area contributed by atoms with Gasteiger partial charge in [0.25, 0.3) is 5.91 Å². The molecule has 10 heteroatoms. The van der Waals surface area contributed by atoms with Crippen molar-refractivity contribution in [2.45, 2.75) is 51.4 Å². The zero-order chi connectivity index (χ0) is 24.6. The molecule has 1 amide bonds. The maximum atomic E-state index is 13.3. The van der Waals surface area contributed by atoms with Crippen LogP contribution in [0.4, 0.5) is 0 Å². The van der Waals surface area contributed by atoms with E-state index in [0.29, 0.717) is 24.7 Å². The van der Waals surface area contributed by atoms with E-state index in [-0.39, 0.29) is 11.9 Å². The number of nitrogens with one attached hydrogen (secondary N) is 1. The quantitative estimate of drug-likeness (QED) is 0.252. The lowest BCUT2D eigenvalue weighted by Crippen LogP contribution is -2.29. The van der Waals surface area contributed by atoms with Gasteiger partial charge in [-0.15, -0.1) is 5.10 Å². The lowest BCUT2D eigenvalue weighted by molar-refractivity contribution is 0.0708. The molecule has 2 aromatic carbocycles. The van der Waals surface area contributed by atoms with Crippen LogP contribution in [0, 0.1) is 0 Å². The molecule has 8 nitrogen and oxygen atoms in total. The van der Waals surface area contributed by atoms with E-state index in [9.17, 15) is 4.79 Å². The number of aromatic amines is 1. The van der Waals surface area contributed by atoms with E-state index in [4.69, 9.17) is 16.3 Å². The summed E-state index contributed by atoms with van der Waals surface area (Å²) in [6.45, 7) is 8.57. The Balaban J connectivity index is 1.34. The third-order valence-corrected chi connectivity index (χ3v) is 8.42. The predicted octanol–water partition coefficient (Wildman–Crippen LogP) is 5.06. The number of benzene rings is 2. The maximum absolute atomic E-state index is 13.3. The normalized spacial score (nSPS) is 15.8. The Morgan fingerprint density at radius 3 is 2.77 bits per heavy atom. The Labute approximate surface area is 210 Å². The summed E-state index contributed by atoms with van der Waals surface area (Å²) in [5.74, 6) is 0.0146.